The molecule has 0 spiro atoms. The Labute approximate surface area is 185 Å². The number of carbonyl (C=O) groups is 1. The van der Waals surface area contributed by atoms with Crippen molar-refractivity contribution in [3.63, 3.8) is 0 Å². The van der Waals surface area contributed by atoms with Gasteiger partial charge >= 0.3 is 0 Å². The zero-order valence-electron chi connectivity index (χ0n) is 17.9. The average molecular weight is 426 g/mol. The van der Waals surface area contributed by atoms with E-state index in [1.54, 1.807) is 0 Å². The number of aryl methyl sites for hydroxylation is 1. The number of anilines is 1. The van der Waals surface area contributed by atoms with Crippen molar-refractivity contribution in [3.05, 3.63) is 64.2 Å². The lowest BCUT2D eigenvalue weighted by atomic mass is 10.1. The lowest BCUT2D eigenvalue weighted by Gasteiger charge is -2.37. The molecule has 2 aliphatic heterocycles. The first kappa shape index (κ1) is 21.2. The first-order chi connectivity index (χ1) is 14.6. The van der Waals surface area contributed by atoms with Crippen LogP contribution in [0.15, 0.2) is 42.5 Å². The summed E-state index contributed by atoms with van der Waals surface area (Å²) in [6.07, 6.45) is 5.32. The van der Waals surface area contributed by atoms with Crippen LogP contribution in [-0.2, 0) is 6.54 Å². The normalized spacial score (nSPS) is 18.3. The monoisotopic (exact) mass is 425 g/mol. The van der Waals surface area contributed by atoms with Crippen LogP contribution in [0.3, 0.4) is 0 Å². The maximum absolute atomic E-state index is 13.0. The van der Waals surface area contributed by atoms with Crippen LogP contribution in [0.5, 0.6) is 0 Å². The molecule has 1 amide bonds. The van der Waals surface area contributed by atoms with E-state index in [2.05, 4.69) is 34.9 Å². The highest BCUT2D eigenvalue weighted by atomic mass is 35.5. The summed E-state index contributed by atoms with van der Waals surface area (Å²) in [6, 6.07) is 14.3. The summed E-state index contributed by atoms with van der Waals surface area (Å²) in [5.41, 5.74) is 4.49. The minimum Gasteiger partial charge on any atom is -0.368 e. The number of hydrogen-bond donors (Lipinski definition) is 0. The number of rotatable bonds is 4. The van der Waals surface area contributed by atoms with E-state index in [-0.39, 0.29) is 5.91 Å². The van der Waals surface area contributed by atoms with Crippen molar-refractivity contribution < 1.29 is 4.79 Å². The average Bonchev–Trinajstić information content (AvgIpc) is 3.04. The molecule has 30 heavy (non-hydrogen) atoms. The third-order valence-electron chi connectivity index (χ3n) is 6.38. The molecule has 2 aromatic rings. The van der Waals surface area contributed by atoms with Crippen LogP contribution < -0.4 is 4.90 Å². The predicted octanol–water partition coefficient (Wildman–Crippen LogP) is 4.99. The maximum Gasteiger partial charge on any atom is 0.253 e. The minimum absolute atomic E-state index is 0.138. The van der Waals surface area contributed by atoms with Crippen LogP contribution >= 0.6 is 11.6 Å². The largest absolute Gasteiger partial charge is 0.368 e. The molecule has 2 aromatic carbocycles. The van der Waals surface area contributed by atoms with Crippen molar-refractivity contribution >= 4 is 23.2 Å². The van der Waals surface area contributed by atoms with Crippen molar-refractivity contribution in [2.45, 2.75) is 39.2 Å². The minimum atomic E-state index is 0.138. The molecular formula is C25H32ClN3O. The molecule has 0 saturated carbocycles. The fraction of sp³-hybridized carbons (Fsp3) is 0.480. The zero-order valence-corrected chi connectivity index (χ0v) is 18.7. The van der Waals surface area contributed by atoms with Gasteiger partial charge in [-0.1, -0.05) is 42.6 Å². The van der Waals surface area contributed by atoms with Crippen LogP contribution in [0.4, 0.5) is 5.69 Å². The Kier molecular flexibility index (Phi) is 6.96. The number of carbonyl (C=O) groups excluding carboxylic acids is 1. The van der Waals surface area contributed by atoms with Gasteiger partial charge in [-0.05, 0) is 68.2 Å². The van der Waals surface area contributed by atoms with Gasteiger partial charge in [0.05, 0.1) is 0 Å². The molecular weight excluding hydrogens is 394 g/mol. The molecule has 0 unspecified atom stereocenters. The van der Waals surface area contributed by atoms with E-state index >= 15 is 0 Å². The summed E-state index contributed by atoms with van der Waals surface area (Å²) in [4.78, 5) is 19.8. The van der Waals surface area contributed by atoms with E-state index in [1.165, 1.54) is 55.6 Å². The highest BCUT2D eigenvalue weighted by Gasteiger charge is 2.23. The smallest absolute Gasteiger partial charge is 0.253 e. The standard InChI is InChI=1S/C25H32ClN3O/c1-20-6-11-23(26)18-24(20)28-14-16-29(17-15-28)25(30)22-9-7-21(8-10-22)19-27-12-4-2-3-5-13-27/h6-11,18H,2-5,12-17,19H2,1H3. The van der Waals surface area contributed by atoms with Crippen molar-refractivity contribution in [2.75, 3.05) is 44.2 Å². The van der Waals surface area contributed by atoms with E-state index in [9.17, 15) is 4.79 Å². The lowest BCUT2D eigenvalue weighted by molar-refractivity contribution is 0.0746. The Balaban J connectivity index is 1.33. The van der Waals surface area contributed by atoms with Gasteiger partial charge in [-0.3, -0.25) is 9.69 Å². The highest BCUT2D eigenvalue weighted by Crippen LogP contribution is 2.25. The van der Waals surface area contributed by atoms with Gasteiger partial charge < -0.3 is 9.80 Å². The summed E-state index contributed by atoms with van der Waals surface area (Å²) in [6.45, 7) is 8.62. The molecule has 2 heterocycles. The molecule has 0 bridgehead atoms. The number of hydrogen-bond acceptors (Lipinski definition) is 3. The molecule has 0 N–H and O–H groups in total. The molecule has 2 aliphatic rings. The molecule has 0 radical (unpaired) electrons. The summed E-state index contributed by atoms with van der Waals surface area (Å²) < 4.78 is 0. The molecule has 0 aliphatic carbocycles. The SMILES string of the molecule is Cc1ccc(Cl)cc1N1CCN(C(=O)c2ccc(CN3CCCCCC3)cc2)CC1. The van der Waals surface area contributed by atoms with Gasteiger partial charge in [-0.2, -0.15) is 0 Å². The van der Waals surface area contributed by atoms with Crippen LogP contribution in [-0.4, -0.2) is 55.0 Å². The number of benzene rings is 2. The maximum atomic E-state index is 13.0. The molecule has 4 nitrogen and oxygen atoms in total. The van der Waals surface area contributed by atoms with E-state index < -0.39 is 0 Å². The van der Waals surface area contributed by atoms with Gasteiger partial charge in [0.15, 0.2) is 0 Å². The number of nitrogens with zero attached hydrogens (tertiary/aromatic N) is 3. The van der Waals surface area contributed by atoms with Crippen molar-refractivity contribution in [2.24, 2.45) is 0 Å². The fourth-order valence-corrected chi connectivity index (χ4v) is 4.73. The summed E-state index contributed by atoms with van der Waals surface area (Å²) in [7, 11) is 0. The molecule has 0 aromatic heterocycles. The molecule has 4 rings (SSSR count). The van der Waals surface area contributed by atoms with E-state index in [1.807, 2.05) is 29.2 Å². The quantitative estimate of drug-likeness (QED) is 0.690. The topological polar surface area (TPSA) is 26.8 Å². The van der Waals surface area contributed by atoms with E-state index in [0.717, 1.165) is 43.3 Å². The van der Waals surface area contributed by atoms with Crippen LogP contribution in [0.2, 0.25) is 5.02 Å². The second-order valence-corrected chi connectivity index (χ2v) is 9.03. The number of amides is 1. The van der Waals surface area contributed by atoms with Gasteiger partial charge in [0, 0.05) is 49.0 Å². The van der Waals surface area contributed by atoms with Gasteiger partial charge in [0.25, 0.3) is 5.91 Å². The van der Waals surface area contributed by atoms with Crippen molar-refractivity contribution in [1.82, 2.24) is 9.80 Å². The van der Waals surface area contributed by atoms with E-state index in [4.69, 9.17) is 11.6 Å². The van der Waals surface area contributed by atoms with Crippen LogP contribution in [0.1, 0.15) is 47.2 Å². The number of halogens is 1. The predicted molar refractivity (Wildman–Crippen MR) is 124 cm³/mol. The molecule has 160 valence electrons. The van der Waals surface area contributed by atoms with Gasteiger partial charge in [0.1, 0.15) is 0 Å². The van der Waals surface area contributed by atoms with E-state index in [0.29, 0.717) is 0 Å². The Hall–Kier alpha value is -2.04. The summed E-state index contributed by atoms with van der Waals surface area (Å²) in [5.74, 6) is 0.138. The Morgan fingerprint density at radius 2 is 1.53 bits per heavy atom. The van der Waals surface area contributed by atoms with Crippen LogP contribution in [0.25, 0.3) is 0 Å². The molecule has 5 heteroatoms. The molecule has 2 fully saturated rings. The number of likely N-dealkylation sites (tertiary alicyclic amines) is 1. The zero-order chi connectivity index (χ0) is 20.9. The third kappa shape index (κ3) is 5.16. The number of piperazine rings is 1. The molecule has 0 atom stereocenters. The second kappa shape index (κ2) is 9.84. The first-order valence-electron chi connectivity index (χ1n) is 11.2. The Morgan fingerprint density at radius 3 is 2.20 bits per heavy atom. The highest BCUT2D eigenvalue weighted by molar-refractivity contribution is 6.30. The fourth-order valence-electron chi connectivity index (χ4n) is 4.56. The van der Waals surface area contributed by atoms with Gasteiger partial charge in [-0.15, -0.1) is 0 Å². The Morgan fingerprint density at radius 1 is 0.867 bits per heavy atom. The van der Waals surface area contributed by atoms with Crippen LogP contribution in [0, 0.1) is 6.92 Å². The lowest BCUT2D eigenvalue weighted by Crippen LogP contribution is -2.49. The Bertz CT molecular complexity index is 851. The molecule has 2 saturated heterocycles. The van der Waals surface area contributed by atoms with Gasteiger partial charge in [0.2, 0.25) is 0 Å². The third-order valence-corrected chi connectivity index (χ3v) is 6.62. The summed E-state index contributed by atoms with van der Waals surface area (Å²) >= 11 is 6.18. The second-order valence-electron chi connectivity index (χ2n) is 8.60. The van der Waals surface area contributed by atoms with Crippen molar-refractivity contribution in [3.8, 4) is 0 Å². The van der Waals surface area contributed by atoms with Crippen molar-refractivity contribution in [1.29, 1.82) is 0 Å². The first-order valence-corrected chi connectivity index (χ1v) is 11.6. The van der Waals surface area contributed by atoms with Gasteiger partial charge in [-0.25, -0.2) is 0 Å². The summed E-state index contributed by atoms with van der Waals surface area (Å²) in [5, 5.41) is 0.759.